The Bertz CT molecular complexity index is 1100. The molecule has 0 aliphatic carbocycles. The number of benzene rings is 1. The average Bonchev–Trinajstić information content (AvgIpc) is 3.40. The maximum atomic E-state index is 12.2. The Kier molecular flexibility index (Phi) is 9.33. The third kappa shape index (κ3) is 6.71. The maximum absolute atomic E-state index is 12.2. The van der Waals surface area contributed by atoms with Crippen LogP contribution in [-0.4, -0.2) is 65.6 Å². The number of hydrogen-bond acceptors (Lipinski definition) is 9. The van der Waals surface area contributed by atoms with Crippen LogP contribution >= 0.6 is 23.1 Å². The first-order valence-corrected chi connectivity index (χ1v) is 13.6. The molecule has 35 heavy (non-hydrogen) atoms. The highest BCUT2D eigenvalue weighted by atomic mass is 32.2. The topological polar surface area (TPSA) is 96.8 Å². The van der Waals surface area contributed by atoms with E-state index in [0.717, 1.165) is 64.7 Å². The second-order valence-corrected chi connectivity index (χ2v) is 10.9. The fourth-order valence-corrected chi connectivity index (χ4v) is 6.53. The van der Waals surface area contributed by atoms with E-state index in [4.69, 9.17) is 9.57 Å². The fourth-order valence-electron chi connectivity index (χ4n) is 4.82. The minimum atomic E-state index is -0.706. The highest BCUT2D eigenvalue weighted by Crippen LogP contribution is 2.34. The normalized spacial score (nSPS) is 19.6. The number of methoxy groups -OCH3 is 1. The number of nitrogens with one attached hydrogen (secondary N) is 1. The molecule has 1 fully saturated rings. The van der Waals surface area contributed by atoms with Crippen molar-refractivity contribution in [2.24, 2.45) is 11.8 Å². The average molecular weight is 517 g/mol. The van der Waals surface area contributed by atoms with E-state index in [1.165, 1.54) is 0 Å². The molecule has 1 aliphatic rings. The number of aromatic nitrogens is 2. The lowest BCUT2D eigenvalue weighted by molar-refractivity contribution is -0.146. The third-order valence-corrected chi connectivity index (χ3v) is 8.59. The van der Waals surface area contributed by atoms with Gasteiger partial charge < -0.3 is 19.6 Å². The quantitative estimate of drug-likeness (QED) is 0.267. The number of piperidine rings is 1. The maximum Gasteiger partial charge on any atom is 0.308 e. The molecule has 0 amide bonds. The van der Waals surface area contributed by atoms with E-state index >= 15 is 0 Å². The van der Waals surface area contributed by atoms with Gasteiger partial charge in [-0.2, -0.15) is 5.48 Å². The molecule has 4 rings (SSSR count). The first-order valence-electron chi connectivity index (χ1n) is 11.8. The summed E-state index contributed by atoms with van der Waals surface area (Å²) in [7, 11) is 3.26. The summed E-state index contributed by atoms with van der Waals surface area (Å²) in [5, 5.41) is 13.0. The monoisotopic (exact) mass is 516 g/mol. The van der Waals surface area contributed by atoms with Gasteiger partial charge in [-0.3, -0.25) is 9.78 Å². The van der Waals surface area contributed by atoms with Crippen LogP contribution in [0.1, 0.15) is 30.9 Å². The number of nitrogens with zero attached hydrogens (tertiary/aromatic N) is 3. The number of ether oxygens (including phenoxy) is 1. The van der Waals surface area contributed by atoms with Crippen molar-refractivity contribution in [2.45, 2.75) is 29.6 Å². The van der Waals surface area contributed by atoms with Gasteiger partial charge >= 0.3 is 5.97 Å². The number of hydrogen-bond donors (Lipinski definition) is 2. The van der Waals surface area contributed by atoms with Gasteiger partial charge in [-0.1, -0.05) is 11.8 Å². The number of likely N-dealkylation sites (tertiary alicyclic amines) is 1. The summed E-state index contributed by atoms with van der Waals surface area (Å²) in [5.74, 6) is 0.741. The van der Waals surface area contributed by atoms with Crippen molar-refractivity contribution in [3.8, 4) is 5.75 Å². The van der Waals surface area contributed by atoms with Gasteiger partial charge in [-0.25, -0.2) is 4.98 Å². The number of carbonyl (C=O) groups is 1. The predicted molar refractivity (Wildman–Crippen MR) is 139 cm³/mol. The SMILES string of the molecule is CON[C@@H](CC[C@@H]1CCN(CCSc2nccs2)C[C@@H]1C(=O)O)c1ccnc2ccc(OC)cc12. The van der Waals surface area contributed by atoms with E-state index in [0.29, 0.717) is 6.54 Å². The number of thioether (sulfide) groups is 1. The number of pyridine rings is 1. The molecule has 0 spiro atoms. The minimum Gasteiger partial charge on any atom is -0.497 e. The number of carboxylic acids is 1. The summed E-state index contributed by atoms with van der Waals surface area (Å²) in [6.45, 7) is 2.39. The molecular weight excluding hydrogens is 484 g/mol. The lowest BCUT2D eigenvalue weighted by Gasteiger charge is -2.37. The standard InChI is InChI=1S/C25H32N4O4S2/c1-32-18-4-6-22-20(15-18)19(7-9-26-22)23(28-33-2)5-3-17-8-11-29(16-21(17)24(30)31)12-14-35-25-27-10-13-34-25/h4,6-7,9-10,13,15,17,21,23,28H,3,5,8,11-12,14,16H2,1-2H3,(H,30,31)/t17-,21+,23+/m1/s1. The van der Waals surface area contributed by atoms with Crippen LogP contribution in [0.5, 0.6) is 5.75 Å². The molecule has 0 radical (unpaired) electrons. The number of thiazole rings is 1. The van der Waals surface area contributed by atoms with E-state index in [9.17, 15) is 9.90 Å². The van der Waals surface area contributed by atoms with E-state index in [2.05, 4.69) is 20.3 Å². The van der Waals surface area contributed by atoms with Crippen molar-refractivity contribution >= 4 is 40.0 Å². The summed E-state index contributed by atoms with van der Waals surface area (Å²) in [4.78, 5) is 28.6. The van der Waals surface area contributed by atoms with Crippen molar-refractivity contribution < 1.29 is 19.5 Å². The molecule has 188 valence electrons. The van der Waals surface area contributed by atoms with Crippen LogP contribution < -0.4 is 10.2 Å². The van der Waals surface area contributed by atoms with Crippen LogP contribution in [0.15, 0.2) is 46.4 Å². The molecular formula is C25H32N4O4S2. The zero-order valence-electron chi connectivity index (χ0n) is 20.1. The Hall–Kier alpha value is -2.24. The molecule has 3 heterocycles. The molecule has 0 saturated carbocycles. The molecule has 8 nitrogen and oxygen atoms in total. The van der Waals surface area contributed by atoms with Gasteiger partial charge in [0, 0.05) is 42.0 Å². The van der Waals surface area contributed by atoms with Gasteiger partial charge in [0.1, 0.15) is 10.1 Å². The summed E-state index contributed by atoms with van der Waals surface area (Å²) in [6.07, 6.45) is 6.06. The molecule has 2 N–H and O–H groups in total. The minimum absolute atomic E-state index is 0.0835. The number of rotatable bonds is 12. The summed E-state index contributed by atoms with van der Waals surface area (Å²) < 4.78 is 6.48. The predicted octanol–water partition coefficient (Wildman–Crippen LogP) is 4.49. The van der Waals surface area contributed by atoms with Crippen LogP contribution in [0.2, 0.25) is 0 Å². The number of carboxylic acid groups (broad SMARTS) is 1. The highest BCUT2D eigenvalue weighted by Gasteiger charge is 2.34. The second kappa shape index (κ2) is 12.6. The van der Waals surface area contributed by atoms with Crippen molar-refractivity contribution in [1.29, 1.82) is 0 Å². The Morgan fingerprint density at radius 3 is 2.94 bits per heavy atom. The molecule has 2 aromatic heterocycles. The van der Waals surface area contributed by atoms with E-state index in [1.807, 2.05) is 35.8 Å². The number of hydroxylamine groups is 1. The van der Waals surface area contributed by atoms with Crippen molar-refractivity contribution in [3.63, 3.8) is 0 Å². The Labute approximate surface area is 214 Å². The zero-order valence-corrected chi connectivity index (χ0v) is 21.7. The second-order valence-electron chi connectivity index (χ2n) is 8.68. The Morgan fingerprint density at radius 2 is 2.20 bits per heavy atom. The van der Waals surface area contributed by atoms with Crippen molar-refractivity contribution in [2.75, 3.05) is 39.6 Å². The highest BCUT2D eigenvalue weighted by molar-refractivity contribution is 8.01. The first-order chi connectivity index (χ1) is 17.1. The fraction of sp³-hybridized carbons (Fsp3) is 0.480. The lowest BCUT2D eigenvalue weighted by Crippen LogP contribution is -2.44. The summed E-state index contributed by atoms with van der Waals surface area (Å²) in [5.41, 5.74) is 5.08. The molecule has 10 heteroatoms. The lowest BCUT2D eigenvalue weighted by atomic mass is 9.81. The van der Waals surface area contributed by atoms with Gasteiger partial charge in [-0.05, 0) is 61.6 Å². The largest absolute Gasteiger partial charge is 0.497 e. The third-order valence-electron chi connectivity index (χ3n) is 6.64. The molecule has 3 aromatic rings. The van der Waals surface area contributed by atoms with Gasteiger partial charge in [-0.15, -0.1) is 11.3 Å². The number of aliphatic carboxylic acids is 1. The van der Waals surface area contributed by atoms with Crippen molar-refractivity contribution in [1.82, 2.24) is 20.3 Å². The smallest absolute Gasteiger partial charge is 0.308 e. The molecule has 1 saturated heterocycles. The van der Waals surface area contributed by atoms with Crippen LogP contribution in [-0.2, 0) is 9.63 Å². The molecule has 1 aliphatic heterocycles. The van der Waals surface area contributed by atoms with E-state index < -0.39 is 5.97 Å². The van der Waals surface area contributed by atoms with Crippen LogP contribution in [0.3, 0.4) is 0 Å². The molecule has 0 bridgehead atoms. The Balaban J connectivity index is 1.40. The van der Waals surface area contributed by atoms with Gasteiger partial charge in [0.15, 0.2) is 0 Å². The van der Waals surface area contributed by atoms with Crippen LogP contribution in [0, 0.1) is 11.8 Å². The van der Waals surface area contributed by atoms with Gasteiger partial charge in [0.2, 0.25) is 0 Å². The Morgan fingerprint density at radius 1 is 1.31 bits per heavy atom. The summed E-state index contributed by atoms with van der Waals surface area (Å²) >= 11 is 3.38. The van der Waals surface area contributed by atoms with E-state index in [-0.39, 0.29) is 17.9 Å². The number of fused-ring (bicyclic) bond motifs is 1. The zero-order chi connectivity index (χ0) is 24.6. The molecule has 1 aromatic carbocycles. The van der Waals surface area contributed by atoms with Gasteiger partial charge in [0.25, 0.3) is 0 Å². The van der Waals surface area contributed by atoms with Crippen LogP contribution in [0.25, 0.3) is 10.9 Å². The summed E-state index contributed by atoms with van der Waals surface area (Å²) in [6, 6.07) is 7.75. The molecule has 3 atom stereocenters. The van der Waals surface area contributed by atoms with Crippen LogP contribution in [0.4, 0.5) is 0 Å². The molecule has 0 unspecified atom stereocenters. The van der Waals surface area contributed by atoms with Gasteiger partial charge in [0.05, 0.1) is 31.7 Å². The van der Waals surface area contributed by atoms with Crippen molar-refractivity contribution in [3.05, 3.63) is 47.6 Å². The van der Waals surface area contributed by atoms with E-state index in [1.54, 1.807) is 43.5 Å². The first kappa shape index (κ1) is 25.8.